The number of ether oxygens (including phenoxy) is 1. The first kappa shape index (κ1) is 18.8. The van der Waals surface area contributed by atoms with Crippen LogP contribution < -0.4 is 15.4 Å². The summed E-state index contributed by atoms with van der Waals surface area (Å²) in [6.07, 6.45) is 0.435. The average molecular weight is 322 g/mol. The molecule has 6 heteroatoms. The number of hydrogen-bond donors (Lipinski definition) is 3. The Hall–Kier alpha value is -2.24. The van der Waals surface area contributed by atoms with E-state index in [0.717, 1.165) is 16.9 Å². The molecule has 6 nitrogen and oxygen atoms in total. The molecular formula is C17H26N2O4. The van der Waals surface area contributed by atoms with Crippen molar-refractivity contribution >= 4 is 12.0 Å². The molecule has 0 fully saturated rings. The normalized spacial score (nSPS) is 11.0. The van der Waals surface area contributed by atoms with E-state index in [9.17, 15) is 9.59 Å². The van der Waals surface area contributed by atoms with Crippen LogP contribution in [0.4, 0.5) is 4.79 Å². The highest BCUT2D eigenvalue weighted by atomic mass is 16.5. The zero-order chi connectivity index (χ0) is 17.5. The topological polar surface area (TPSA) is 87.7 Å². The second kappa shape index (κ2) is 8.41. The number of rotatable bonds is 7. The Bertz CT molecular complexity index is 550. The van der Waals surface area contributed by atoms with Crippen molar-refractivity contribution in [1.29, 1.82) is 0 Å². The molecule has 0 atom stereocenters. The van der Waals surface area contributed by atoms with Gasteiger partial charge in [-0.25, -0.2) is 4.79 Å². The van der Waals surface area contributed by atoms with Gasteiger partial charge in [0.2, 0.25) is 0 Å². The quantitative estimate of drug-likeness (QED) is 0.532. The summed E-state index contributed by atoms with van der Waals surface area (Å²) in [5.41, 5.74) is 2.19. The van der Waals surface area contributed by atoms with Crippen molar-refractivity contribution in [2.24, 2.45) is 0 Å². The van der Waals surface area contributed by atoms with Gasteiger partial charge in [-0.3, -0.25) is 4.79 Å². The number of carboxylic acid groups (broad SMARTS) is 1. The first-order valence-corrected chi connectivity index (χ1v) is 7.67. The summed E-state index contributed by atoms with van der Waals surface area (Å²) in [5, 5.41) is 13.7. The fraction of sp³-hybridized carbons (Fsp3) is 0.529. The summed E-state index contributed by atoms with van der Waals surface area (Å²) < 4.78 is 5.67. The van der Waals surface area contributed by atoms with Gasteiger partial charge in [0.05, 0.1) is 0 Å². The van der Waals surface area contributed by atoms with Crippen molar-refractivity contribution < 1.29 is 19.4 Å². The molecule has 3 N–H and O–H groups in total. The van der Waals surface area contributed by atoms with Crippen molar-refractivity contribution in [3.05, 3.63) is 29.3 Å². The molecule has 0 aromatic heterocycles. The van der Waals surface area contributed by atoms with E-state index in [0.29, 0.717) is 13.0 Å². The van der Waals surface area contributed by atoms with E-state index in [2.05, 4.69) is 37.5 Å². The smallest absolute Gasteiger partial charge is 0.317 e. The number of aliphatic carboxylic acids is 1. The van der Waals surface area contributed by atoms with Crippen LogP contribution in [0.5, 0.6) is 5.75 Å². The lowest BCUT2D eigenvalue weighted by Crippen LogP contribution is -2.38. The molecule has 0 aliphatic rings. The predicted octanol–water partition coefficient (Wildman–Crippen LogP) is 2.79. The second-order valence-corrected chi connectivity index (χ2v) is 6.47. The third-order valence-corrected chi connectivity index (χ3v) is 3.26. The molecule has 2 amide bonds. The number of benzene rings is 1. The molecule has 1 rings (SSSR count). The maximum Gasteiger partial charge on any atom is 0.317 e. The fourth-order valence-electron chi connectivity index (χ4n) is 2.04. The number of carboxylic acids is 1. The van der Waals surface area contributed by atoms with E-state index in [4.69, 9.17) is 9.84 Å². The number of carbonyl (C=O) groups excluding carboxylic acids is 1. The largest absolute Gasteiger partial charge is 0.481 e. The van der Waals surface area contributed by atoms with Crippen LogP contribution in [0, 0.1) is 6.92 Å². The average Bonchev–Trinajstić information content (AvgIpc) is 2.44. The highest BCUT2D eigenvalue weighted by Gasteiger charge is 2.19. The highest BCUT2D eigenvalue weighted by Crippen LogP contribution is 2.31. The van der Waals surface area contributed by atoms with E-state index in [1.165, 1.54) is 0 Å². The summed E-state index contributed by atoms with van der Waals surface area (Å²) >= 11 is 0. The Morgan fingerprint density at radius 1 is 1.22 bits per heavy atom. The van der Waals surface area contributed by atoms with Gasteiger partial charge in [0.15, 0.2) is 6.73 Å². The minimum atomic E-state index is -0.871. The van der Waals surface area contributed by atoms with Gasteiger partial charge in [-0.05, 0) is 30.4 Å². The van der Waals surface area contributed by atoms with Gasteiger partial charge in [-0.15, -0.1) is 0 Å². The van der Waals surface area contributed by atoms with Crippen LogP contribution in [0.25, 0.3) is 0 Å². The molecule has 0 unspecified atom stereocenters. The van der Waals surface area contributed by atoms with E-state index >= 15 is 0 Å². The van der Waals surface area contributed by atoms with Crippen LogP contribution in [-0.4, -0.2) is 30.4 Å². The Labute approximate surface area is 137 Å². The third-order valence-electron chi connectivity index (χ3n) is 3.26. The third kappa shape index (κ3) is 7.04. The zero-order valence-corrected chi connectivity index (χ0v) is 14.2. The number of amides is 2. The zero-order valence-electron chi connectivity index (χ0n) is 14.2. The molecular weight excluding hydrogens is 296 g/mol. The molecule has 0 aliphatic heterocycles. The number of aryl methyl sites for hydroxylation is 1. The summed E-state index contributed by atoms with van der Waals surface area (Å²) in [6.45, 7) is 8.72. The first-order valence-electron chi connectivity index (χ1n) is 7.67. The number of nitrogens with one attached hydrogen (secondary N) is 2. The van der Waals surface area contributed by atoms with Crippen LogP contribution in [0.3, 0.4) is 0 Å². The summed E-state index contributed by atoms with van der Waals surface area (Å²) in [5.74, 6) is -0.126. The minimum Gasteiger partial charge on any atom is -0.481 e. The van der Waals surface area contributed by atoms with Crippen molar-refractivity contribution in [2.75, 3.05) is 13.3 Å². The van der Waals surface area contributed by atoms with Crippen LogP contribution in [-0.2, 0) is 10.2 Å². The van der Waals surface area contributed by atoms with Crippen molar-refractivity contribution in [3.8, 4) is 5.75 Å². The highest BCUT2D eigenvalue weighted by molar-refractivity contribution is 5.73. The summed E-state index contributed by atoms with van der Waals surface area (Å²) in [7, 11) is 0. The van der Waals surface area contributed by atoms with Gasteiger partial charge in [-0.2, -0.15) is 0 Å². The Kier molecular flexibility index (Phi) is 6.88. The predicted molar refractivity (Wildman–Crippen MR) is 88.8 cm³/mol. The summed E-state index contributed by atoms with van der Waals surface area (Å²) in [6, 6.07) is 5.58. The molecule has 0 radical (unpaired) electrons. The molecule has 0 spiro atoms. The van der Waals surface area contributed by atoms with Crippen LogP contribution in [0.1, 0.15) is 44.7 Å². The second-order valence-electron chi connectivity index (χ2n) is 6.47. The maximum absolute atomic E-state index is 11.6. The molecule has 0 saturated carbocycles. The fourth-order valence-corrected chi connectivity index (χ4v) is 2.04. The SMILES string of the molecule is Cc1ccc(OCNC(=O)NCCCC(=O)O)c(C(C)(C)C)c1. The van der Waals surface area contributed by atoms with Gasteiger partial charge >= 0.3 is 12.0 Å². The lowest BCUT2D eigenvalue weighted by molar-refractivity contribution is -0.137. The minimum absolute atomic E-state index is 0.0368. The first-order chi connectivity index (χ1) is 10.7. The monoisotopic (exact) mass is 322 g/mol. The summed E-state index contributed by atoms with van der Waals surface area (Å²) in [4.78, 5) is 21.9. The lowest BCUT2D eigenvalue weighted by atomic mass is 9.85. The molecule has 128 valence electrons. The maximum atomic E-state index is 11.6. The van der Waals surface area contributed by atoms with E-state index in [-0.39, 0.29) is 24.6 Å². The van der Waals surface area contributed by atoms with Gasteiger partial charge in [0, 0.05) is 13.0 Å². The number of carbonyl (C=O) groups is 2. The number of hydrogen-bond acceptors (Lipinski definition) is 3. The van der Waals surface area contributed by atoms with E-state index in [1.54, 1.807) is 0 Å². The molecule has 0 saturated heterocycles. The molecule has 0 heterocycles. The van der Waals surface area contributed by atoms with Crippen LogP contribution >= 0.6 is 0 Å². The standard InChI is InChI=1S/C17H26N2O4/c1-12-7-8-14(13(10-12)17(2,3)4)23-11-19-16(22)18-9-5-6-15(20)21/h7-8,10H,5-6,9,11H2,1-4H3,(H,20,21)(H2,18,19,22). The van der Waals surface area contributed by atoms with Crippen molar-refractivity contribution in [2.45, 2.75) is 46.0 Å². The Morgan fingerprint density at radius 3 is 2.52 bits per heavy atom. The molecule has 0 aliphatic carbocycles. The van der Waals surface area contributed by atoms with Crippen LogP contribution in [0.2, 0.25) is 0 Å². The lowest BCUT2D eigenvalue weighted by Gasteiger charge is -2.23. The number of urea groups is 1. The van der Waals surface area contributed by atoms with E-state index in [1.807, 2.05) is 19.1 Å². The molecule has 1 aromatic carbocycles. The van der Waals surface area contributed by atoms with Gasteiger partial charge < -0.3 is 20.5 Å². The molecule has 0 bridgehead atoms. The van der Waals surface area contributed by atoms with Gasteiger partial charge in [0.25, 0.3) is 0 Å². The molecule has 1 aromatic rings. The molecule has 23 heavy (non-hydrogen) atoms. The van der Waals surface area contributed by atoms with Gasteiger partial charge in [0.1, 0.15) is 5.75 Å². The van der Waals surface area contributed by atoms with Gasteiger partial charge in [-0.1, -0.05) is 38.5 Å². The van der Waals surface area contributed by atoms with Crippen LogP contribution in [0.15, 0.2) is 18.2 Å². The van der Waals surface area contributed by atoms with Crippen molar-refractivity contribution in [3.63, 3.8) is 0 Å². The Morgan fingerprint density at radius 2 is 1.91 bits per heavy atom. The van der Waals surface area contributed by atoms with E-state index < -0.39 is 5.97 Å². The van der Waals surface area contributed by atoms with Crippen molar-refractivity contribution in [1.82, 2.24) is 10.6 Å². The Balaban J connectivity index is 2.44.